The van der Waals surface area contributed by atoms with Crippen molar-refractivity contribution in [3.63, 3.8) is 0 Å². The SMILES string of the molecule is O=C1N(C[C@@H]2CNCCO[C@H]2c2ccc(Cl)c(F)c2)CCCN1c1noc(=O)[nH]1. The van der Waals surface area contributed by atoms with Crippen molar-refractivity contribution >= 4 is 23.6 Å². The molecular formula is C18H21ClFN5O4. The molecule has 2 amide bonds. The van der Waals surface area contributed by atoms with Gasteiger partial charge in [-0.15, -0.1) is 0 Å². The van der Waals surface area contributed by atoms with Gasteiger partial charge in [0.2, 0.25) is 0 Å². The maximum absolute atomic E-state index is 14.0. The van der Waals surface area contributed by atoms with E-state index < -0.39 is 11.6 Å². The van der Waals surface area contributed by atoms with Crippen molar-refractivity contribution in [1.82, 2.24) is 20.4 Å². The van der Waals surface area contributed by atoms with Crippen LogP contribution in [0.15, 0.2) is 27.5 Å². The number of carbonyl (C=O) groups excluding carboxylic acids is 1. The Morgan fingerprint density at radius 1 is 1.31 bits per heavy atom. The van der Waals surface area contributed by atoms with Gasteiger partial charge in [0.15, 0.2) is 0 Å². The number of aromatic nitrogens is 2. The molecule has 0 spiro atoms. The number of carbonyl (C=O) groups is 1. The summed E-state index contributed by atoms with van der Waals surface area (Å²) in [6.07, 6.45) is 0.328. The highest BCUT2D eigenvalue weighted by Gasteiger charge is 2.34. The smallest absolute Gasteiger partial charge is 0.372 e. The van der Waals surface area contributed by atoms with E-state index in [0.29, 0.717) is 51.3 Å². The van der Waals surface area contributed by atoms with Crippen LogP contribution in [0.5, 0.6) is 0 Å². The van der Waals surface area contributed by atoms with Gasteiger partial charge in [-0.1, -0.05) is 17.7 Å². The normalized spacial score (nSPS) is 23.3. The first-order valence-electron chi connectivity index (χ1n) is 9.42. The zero-order chi connectivity index (χ0) is 20.4. The Morgan fingerprint density at radius 3 is 2.93 bits per heavy atom. The van der Waals surface area contributed by atoms with Gasteiger partial charge in [0.1, 0.15) is 5.82 Å². The summed E-state index contributed by atoms with van der Waals surface area (Å²) in [4.78, 5) is 29.7. The lowest BCUT2D eigenvalue weighted by Crippen LogP contribution is -2.52. The van der Waals surface area contributed by atoms with Crippen LogP contribution >= 0.6 is 11.6 Å². The van der Waals surface area contributed by atoms with Crippen LogP contribution in [0.25, 0.3) is 0 Å². The monoisotopic (exact) mass is 425 g/mol. The highest BCUT2D eigenvalue weighted by atomic mass is 35.5. The molecule has 0 unspecified atom stereocenters. The van der Waals surface area contributed by atoms with Crippen molar-refractivity contribution in [1.29, 1.82) is 0 Å². The Balaban J connectivity index is 1.54. The number of nitrogens with one attached hydrogen (secondary N) is 2. The van der Waals surface area contributed by atoms with E-state index in [-0.39, 0.29) is 29.0 Å². The first-order valence-corrected chi connectivity index (χ1v) is 9.80. The summed E-state index contributed by atoms with van der Waals surface area (Å²) in [6, 6.07) is 4.37. The second-order valence-corrected chi connectivity index (χ2v) is 7.49. The van der Waals surface area contributed by atoms with Crippen LogP contribution in [0.2, 0.25) is 5.02 Å². The lowest BCUT2D eigenvalue weighted by molar-refractivity contribution is 0.0214. The van der Waals surface area contributed by atoms with Crippen molar-refractivity contribution in [3.8, 4) is 0 Å². The number of benzene rings is 1. The molecule has 2 N–H and O–H groups in total. The number of anilines is 1. The maximum Gasteiger partial charge on any atom is 0.440 e. The third-order valence-corrected chi connectivity index (χ3v) is 5.44. The fourth-order valence-electron chi connectivity index (χ4n) is 3.78. The van der Waals surface area contributed by atoms with E-state index in [1.807, 2.05) is 0 Å². The second kappa shape index (κ2) is 8.52. The molecule has 3 heterocycles. The van der Waals surface area contributed by atoms with Gasteiger partial charge in [-0.3, -0.25) is 14.4 Å². The molecule has 2 atom stereocenters. The highest BCUT2D eigenvalue weighted by molar-refractivity contribution is 6.30. The van der Waals surface area contributed by atoms with E-state index >= 15 is 0 Å². The van der Waals surface area contributed by atoms with Crippen LogP contribution in [0.1, 0.15) is 18.1 Å². The van der Waals surface area contributed by atoms with E-state index in [4.69, 9.17) is 16.3 Å². The maximum atomic E-state index is 14.0. The molecule has 2 fully saturated rings. The molecule has 2 aliphatic heterocycles. The van der Waals surface area contributed by atoms with Gasteiger partial charge in [-0.05, 0) is 29.3 Å². The molecule has 156 valence electrons. The fraction of sp³-hybridized carbons (Fsp3) is 0.500. The van der Waals surface area contributed by atoms with E-state index in [1.54, 1.807) is 11.0 Å². The van der Waals surface area contributed by atoms with Crippen LogP contribution < -0.4 is 16.0 Å². The number of hydrogen-bond acceptors (Lipinski definition) is 6. The van der Waals surface area contributed by atoms with Crippen LogP contribution in [0.4, 0.5) is 15.1 Å². The Morgan fingerprint density at radius 2 is 2.17 bits per heavy atom. The molecule has 1 aromatic heterocycles. The summed E-state index contributed by atoms with van der Waals surface area (Å²) in [7, 11) is 0. The number of amides is 2. The third kappa shape index (κ3) is 4.29. The Kier molecular flexibility index (Phi) is 5.84. The van der Waals surface area contributed by atoms with Crippen LogP contribution in [0.3, 0.4) is 0 Å². The fourth-order valence-corrected chi connectivity index (χ4v) is 3.89. The van der Waals surface area contributed by atoms with Crippen LogP contribution in [-0.2, 0) is 4.74 Å². The minimum atomic E-state index is -0.712. The van der Waals surface area contributed by atoms with E-state index in [9.17, 15) is 14.0 Å². The average molecular weight is 426 g/mol. The molecule has 2 saturated heterocycles. The first-order chi connectivity index (χ1) is 14.0. The second-order valence-electron chi connectivity index (χ2n) is 7.08. The molecule has 2 aliphatic rings. The molecule has 0 aliphatic carbocycles. The molecule has 29 heavy (non-hydrogen) atoms. The number of hydrogen-bond donors (Lipinski definition) is 2. The zero-order valence-electron chi connectivity index (χ0n) is 15.6. The number of H-pyrrole nitrogens is 1. The number of halogens is 2. The van der Waals surface area contributed by atoms with Crippen LogP contribution in [0, 0.1) is 11.7 Å². The van der Waals surface area contributed by atoms with Crippen molar-refractivity contribution < 1.29 is 18.4 Å². The van der Waals surface area contributed by atoms with Crippen molar-refractivity contribution in [3.05, 3.63) is 45.2 Å². The highest BCUT2D eigenvalue weighted by Crippen LogP contribution is 2.31. The molecule has 2 aromatic rings. The van der Waals surface area contributed by atoms with Gasteiger partial charge in [-0.2, -0.15) is 0 Å². The van der Waals surface area contributed by atoms with Gasteiger partial charge in [-0.25, -0.2) is 14.0 Å². The third-order valence-electron chi connectivity index (χ3n) is 5.13. The van der Waals surface area contributed by atoms with Gasteiger partial charge in [0.25, 0.3) is 5.95 Å². The van der Waals surface area contributed by atoms with E-state index in [1.165, 1.54) is 17.0 Å². The largest absolute Gasteiger partial charge is 0.440 e. The zero-order valence-corrected chi connectivity index (χ0v) is 16.3. The minimum Gasteiger partial charge on any atom is -0.372 e. The minimum absolute atomic E-state index is 0.0560. The molecule has 1 aromatic carbocycles. The summed E-state index contributed by atoms with van der Waals surface area (Å²) in [5.74, 6) is -1.22. The Labute approximate surface area is 170 Å². The van der Waals surface area contributed by atoms with E-state index in [0.717, 1.165) is 0 Å². The van der Waals surface area contributed by atoms with Gasteiger partial charge in [0, 0.05) is 38.6 Å². The van der Waals surface area contributed by atoms with Gasteiger partial charge >= 0.3 is 11.8 Å². The van der Waals surface area contributed by atoms with Crippen molar-refractivity contribution in [2.24, 2.45) is 5.92 Å². The molecular weight excluding hydrogens is 405 g/mol. The number of ether oxygens (including phenoxy) is 1. The summed E-state index contributed by atoms with van der Waals surface area (Å²) in [5, 5.41) is 6.97. The molecule has 0 bridgehead atoms. The van der Waals surface area contributed by atoms with E-state index in [2.05, 4.69) is 20.0 Å². The summed E-state index contributed by atoms with van der Waals surface area (Å²) >= 11 is 5.81. The molecule has 0 radical (unpaired) electrons. The molecule has 9 nitrogen and oxygen atoms in total. The quantitative estimate of drug-likeness (QED) is 0.773. The molecule has 11 heteroatoms. The van der Waals surface area contributed by atoms with Crippen molar-refractivity contribution in [2.75, 3.05) is 44.2 Å². The predicted octanol–water partition coefficient (Wildman–Crippen LogP) is 1.76. The van der Waals surface area contributed by atoms with Crippen molar-refractivity contribution in [2.45, 2.75) is 12.5 Å². The number of nitrogens with zero attached hydrogens (tertiary/aromatic N) is 3. The van der Waals surface area contributed by atoms with Gasteiger partial charge < -0.3 is 15.0 Å². The lowest BCUT2D eigenvalue weighted by atomic mass is 9.94. The first kappa shape index (κ1) is 19.9. The average Bonchev–Trinajstić information content (AvgIpc) is 3.00. The van der Waals surface area contributed by atoms with Gasteiger partial charge in [0.05, 0.1) is 17.7 Å². The Bertz CT molecular complexity index is 935. The topological polar surface area (TPSA) is 104 Å². The molecule has 4 rings (SSSR count). The standard InChI is InChI=1S/C18H21ClFN5O4/c19-13-3-2-11(8-14(13)20)15-12(9-21-4-7-28-15)10-24-5-1-6-25(18(24)27)16-22-17(26)29-23-16/h2-3,8,12,15,21H,1,4-7,9-10H2,(H,22,23,26)/t12-,15-/m0/s1. The number of aromatic amines is 1. The summed E-state index contributed by atoms with van der Waals surface area (Å²) in [6.45, 7) is 3.16. The predicted molar refractivity (Wildman–Crippen MR) is 103 cm³/mol. The van der Waals surface area contributed by atoms with Crippen LogP contribution in [-0.4, -0.2) is 60.4 Å². The lowest BCUT2D eigenvalue weighted by Gasteiger charge is -2.37. The number of urea groups is 1. The molecule has 0 saturated carbocycles. The number of rotatable bonds is 4. The Hall–Kier alpha value is -2.43. The summed E-state index contributed by atoms with van der Waals surface area (Å²) in [5.41, 5.74) is 0.683. The summed E-state index contributed by atoms with van der Waals surface area (Å²) < 4.78 is 24.5.